The van der Waals surface area contributed by atoms with Crippen LogP contribution in [0.4, 0.5) is 5.69 Å². The number of hydrogen-bond donors (Lipinski definition) is 2. The largest absolute Gasteiger partial charge is 0.384 e. The van der Waals surface area contributed by atoms with Crippen molar-refractivity contribution < 1.29 is 8.42 Å². The average molecular weight is 311 g/mol. The summed E-state index contributed by atoms with van der Waals surface area (Å²) in [6, 6.07) is 1.70. The highest BCUT2D eigenvalue weighted by Crippen LogP contribution is 2.40. The van der Waals surface area contributed by atoms with Gasteiger partial charge in [-0.3, -0.25) is 4.98 Å². The smallest absolute Gasteiger partial charge is 0.244 e. The van der Waals surface area contributed by atoms with Gasteiger partial charge in [0.1, 0.15) is 4.90 Å². The van der Waals surface area contributed by atoms with Crippen LogP contribution >= 0.6 is 0 Å². The van der Waals surface area contributed by atoms with Crippen LogP contribution in [-0.2, 0) is 10.0 Å². The number of pyridine rings is 1. The van der Waals surface area contributed by atoms with E-state index in [4.69, 9.17) is 0 Å². The third-order valence-corrected chi connectivity index (χ3v) is 5.92. The SMILES string of the molecule is CCNc1ccncc1S(=O)(=O)NCC1(CC)CCCC1. The van der Waals surface area contributed by atoms with Crippen molar-refractivity contribution in [3.63, 3.8) is 0 Å². The first-order chi connectivity index (χ1) is 10.0. The lowest BCUT2D eigenvalue weighted by Gasteiger charge is -2.27. The van der Waals surface area contributed by atoms with E-state index < -0.39 is 10.0 Å². The molecule has 1 saturated carbocycles. The molecule has 0 saturated heterocycles. The summed E-state index contributed by atoms with van der Waals surface area (Å²) in [6.45, 7) is 5.28. The molecule has 0 unspecified atom stereocenters. The summed E-state index contributed by atoms with van der Waals surface area (Å²) < 4.78 is 27.9. The molecule has 1 aromatic heterocycles. The minimum Gasteiger partial charge on any atom is -0.384 e. The third-order valence-electron chi connectivity index (χ3n) is 4.49. The molecule has 1 fully saturated rings. The summed E-state index contributed by atoms with van der Waals surface area (Å²) in [7, 11) is -3.52. The predicted molar refractivity (Wildman–Crippen MR) is 84.8 cm³/mol. The minimum absolute atomic E-state index is 0.133. The second-order valence-electron chi connectivity index (χ2n) is 5.79. The fourth-order valence-corrected chi connectivity index (χ4v) is 4.32. The summed E-state index contributed by atoms with van der Waals surface area (Å²) in [5.74, 6) is 0. The van der Waals surface area contributed by atoms with Gasteiger partial charge in [-0.2, -0.15) is 0 Å². The summed E-state index contributed by atoms with van der Waals surface area (Å²) in [4.78, 5) is 4.18. The molecule has 0 radical (unpaired) electrons. The monoisotopic (exact) mass is 311 g/mol. The Morgan fingerprint density at radius 2 is 2.00 bits per heavy atom. The molecule has 0 aliphatic heterocycles. The second-order valence-corrected chi connectivity index (χ2v) is 7.52. The normalized spacial score (nSPS) is 17.8. The van der Waals surface area contributed by atoms with E-state index >= 15 is 0 Å². The first kappa shape index (κ1) is 16.2. The number of sulfonamides is 1. The van der Waals surface area contributed by atoms with E-state index in [1.165, 1.54) is 19.0 Å². The van der Waals surface area contributed by atoms with Crippen LogP contribution in [0.3, 0.4) is 0 Å². The van der Waals surface area contributed by atoms with Crippen molar-refractivity contribution in [3.05, 3.63) is 18.5 Å². The highest BCUT2D eigenvalue weighted by atomic mass is 32.2. The fraction of sp³-hybridized carbons (Fsp3) is 0.667. The maximum atomic E-state index is 12.6. The molecule has 118 valence electrons. The Hall–Kier alpha value is -1.14. The van der Waals surface area contributed by atoms with Crippen LogP contribution < -0.4 is 10.0 Å². The van der Waals surface area contributed by atoms with E-state index in [1.54, 1.807) is 12.3 Å². The van der Waals surface area contributed by atoms with Gasteiger partial charge in [0, 0.05) is 25.5 Å². The molecule has 0 spiro atoms. The molecule has 1 aliphatic rings. The lowest BCUT2D eigenvalue weighted by atomic mass is 9.84. The molecule has 0 bridgehead atoms. The van der Waals surface area contributed by atoms with Crippen LogP contribution in [0.5, 0.6) is 0 Å². The molecule has 0 aromatic carbocycles. The summed E-state index contributed by atoms with van der Waals surface area (Å²) in [5.41, 5.74) is 0.741. The molecule has 5 nitrogen and oxygen atoms in total. The van der Waals surface area contributed by atoms with Crippen molar-refractivity contribution in [1.82, 2.24) is 9.71 Å². The quantitative estimate of drug-likeness (QED) is 0.812. The lowest BCUT2D eigenvalue weighted by molar-refractivity contribution is 0.285. The number of nitrogens with one attached hydrogen (secondary N) is 2. The zero-order valence-electron chi connectivity index (χ0n) is 12.9. The third kappa shape index (κ3) is 3.74. The Bertz CT molecular complexity index is 566. The van der Waals surface area contributed by atoms with Gasteiger partial charge in [0.05, 0.1) is 5.69 Å². The summed E-state index contributed by atoms with van der Waals surface area (Å²) in [5, 5.41) is 3.07. The second kappa shape index (κ2) is 6.75. The maximum absolute atomic E-state index is 12.6. The highest BCUT2D eigenvalue weighted by molar-refractivity contribution is 7.89. The Morgan fingerprint density at radius 3 is 2.62 bits per heavy atom. The van der Waals surface area contributed by atoms with E-state index in [9.17, 15) is 8.42 Å². The van der Waals surface area contributed by atoms with Crippen molar-refractivity contribution in [2.24, 2.45) is 5.41 Å². The van der Waals surface area contributed by atoms with E-state index in [0.717, 1.165) is 19.3 Å². The molecule has 2 rings (SSSR count). The molecule has 1 aliphatic carbocycles. The summed E-state index contributed by atoms with van der Waals surface area (Å²) in [6.07, 6.45) is 8.65. The van der Waals surface area contributed by atoms with Gasteiger partial charge in [0.25, 0.3) is 0 Å². The van der Waals surface area contributed by atoms with Gasteiger partial charge in [0.15, 0.2) is 0 Å². The van der Waals surface area contributed by atoms with Gasteiger partial charge in [-0.25, -0.2) is 13.1 Å². The molecule has 0 amide bonds. The van der Waals surface area contributed by atoms with E-state index in [-0.39, 0.29) is 10.3 Å². The molecule has 1 aromatic rings. The highest BCUT2D eigenvalue weighted by Gasteiger charge is 2.33. The van der Waals surface area contributed by atoms with Crippen LogP contribution in [0.15, 0.2) is 23.4 Å². The van der Waals surface area contributed by atoms with E-state index in [1.807, 2.05) is 6.92 Å². The number of anilines is 1. The van der Waals surface area contributed by atoms with Crippen molar-refractivity contribution >= 4 is 15.7 Å². The molecular formula is C15H25N3O2S. The number of hydrogen-bond acceptors (Lipinski definition) is 4. The summed E-state index contributed by atoms with van der Waals surface area (Å²) >= 11 is 0. The fourth-order valence-electron chi connectivity index (χ4n) is 3.04. The number of aromatic nitrogens is 1. The van der Waals surface area contributed by atoms with Gasteiger partial charge in [-0.15, -0.1) is 0 Å². The maximum Gasteiger partial charge on any atom is 0.244 e. The predicted octanol–water partition coefficient (Wildman–Crippen LogP) is 2.76. The zero-order chi connectivity index (χ0) is 15.3. The molecule has 2 N–H and O–H groups in total. The standard InChI is InChI=1S/C15H25N3O2S/c1-3-15(8-5-6-9-15)12-18-21(19,20)14-11-16-10-7-13(14)17-4-2/h7,10-11,18H,3-6,8-9,12H2,1-2H3,(H,16,17). The zero-order valence-corrected chi connectivity index (χ0v) is 13.7. The van der Waals surface area contributed by atoms with Crippen molar-refractivity contribution in [2.45, 2.75) is 50.8 Å². The Balaban J connectivity index is 2.15. The van der Waals surface area contributed by atoms with Crippen molar-refractivity contribution in [3.8, 4) is 0 Å². The first-order valence-electron chi connectivity index (χ1n) is 7.70. The first-order valence-corrected chi connectivity index (χ1v) is 9.19. The van der Waals surface area contributed by atoms with Gasteiger partial charge in [-0.1, -0.05) is 19.8 Å². The Morgan fingerprint density at radius 1 is 1.29 bits per heavy atom. The lowest BCUT2D eigenvalue weighted by Crippen LogP contribution is -2.36. The molecule has 1 heterocycles. The van der Waals surface area contributed by atoms with Crippen LogP contribution in [-0.4, -0.2) is 26.5 Å². The average Bonchev–Trinajstić information content (AvgIpc) is 2.96. The molecule has 21 heavy (non-hydrogen) atoms. The van der Waals surface area contributed by atoms with Gasteiger partial charge in [0.2, 0.25) is 10.0 Å². The van der Waals surface area contributed by atoms with E-state index in [2.05, 4.69) is 21.9 Å². The van der Waals surface area contributed by atoms with E-state index in [0.29, 0.717) is 18.8 Å². The Kier molecular flexibility index (Phi) is 5.22. The molecule has 0 atom stereocenters. The Labute approximate surface area is 127 Å². The topological polar surface area (TPSA) is 71.1 Å². The van der Waals surface area contributed by atoms with Gasteiger partial charge < -0.3 is 5.32 Å². The van der Waals surface area contributed by atoms with Gasteiger partial charge in [-0.05, 0) is 37.7 Å². The number of rotatable bonds is 7. The van der Waals surface area contributed by atoms with Crippen molar-refractivity contribution in [2.75, 3.05) is 18.4 Å². The van der Waals surface area contributed by atoms with Crippen LogP contribution in [0, 0.1) is 5.41 Å². The van der Waals surface area contributed by atoms with Gasteiger partial charge >= 0.3 is 0 Å². The van der Waals surface area contributed by atoms with Crippen LogP contribution in [0.1, 0.15) is 46.0 Å². The number of nitrogens with zero attached hydrogens (tertiary/aromatic N) is 1. The van der Waals surface area contributed by atoms with Crippen LogP contribution in [0.2, 0.25) is 0 Å². The molecule has 6 heteroatoms. The van der Waals surface area contributed by atoms with Crippen LogP contribution in [0.25, 0.3) is 0 Å². The minimum atomic E-state index is -3.52. The molecular weight excluding hydrogens is 286 g/mol. The van der Waals surface area contributed by atoms with Crippen molar-refractivity contribution in [1.29, 1.82) is 0 Å².